The topological polar surface area (TPSA) is 79.2 Å². The Morgan fingerprint density at radius 2 is 2.15 bits per heavy atom. The lowest BCUT2D eigenvalue weighted by Crippen LogP contribution is -2.38. The Labute approximate surface area is 112 Å². The molecule has 0 saturated carbocycles. The number of alkyl halides is 3. The van der Waals surface area contributed by atoms with E-state index in [1.54, 1.807) is 6.92 Å². The first-order valence-electron chi connectivity index (χ1n) is 5.88. The molecule has 112 valence electrons. The van der Waals surface area contributed by atoms with Gasteiger partial charge in [0.1, 0.15) is 0 Å². The lowest BCUT2D eigenvalue weighted by molar-refractivity contribution is -0.384. The van der Waals surface area contributed by atoms with Gasteiger partial charge < -0.3 is 4.98 Å². The van der Waals surface area contributed by atoms with Crippen LogP contribution in [-0.4, -0.2) is 46.4 Å². The number of nitrogens with one attached hydrogen (secondary N) is 1. The van der Waals surface area contributed by atoms with Gasteiger partial charge in [0.15, 0.2) is 5.78 Å². The molecular weight excluding hydrogens is 279 g/mol. The van der Waals surface area contributed by atoms with Crippen LogP contribution in [-0.2, 0) is 0 Å². The molecule has 1 heterocycles. The van der Waals surface area contributed by atoms with Crippen LogP contribution in [0.25, 0.3) is 0 Å². The normalized spacial score (nSPS) is 11.8. The lowest BCUT2D eigenvalue weighted by Gasteiger charge is -2.21. The Morgan fingerprint density at radius 1 is 1.50 bits per heavy atom. The lowest BCUT2D eigenvalue weighted by atomic mass is 10.2. The summed E-state index contributed by atoms with van der Waals surface area (Å²) in [6.45, 7) is 0.196. The predicted molar refractivity (Wildman–Crippen MR) is 64.6 cm³/mol. The van der Waals surface area contributed by atoms with Crippen LogP contribution in [0.5, 0.6) is 0 Å². The number of hydrogen-bond acceptors (Lipinski definition) is 4. The standard InChI is InChI=1S/C11H14F3N3O3/c1-2-3-16(7-11(12,13)14)6-10(18)9-4-8(5-15-9)17(19)20/h4-5,15H,2-3,6-7H2,1H3. The minimum absolute atomic E-state index is 0.0695. The highest BCUT2D eigenvalue weighted by molar-refractivity contribution is 5.96. The van der Waals surface area contributed by atoms with Crippen LogP contribution in [0.4, 0.5) is 18.9 Å². The van der Waals surface area contributed by atoms with Gasteiger partial charge in [-0.15, -0.1) is 0 Å². The average Bonchev–Trinajstić information content (AvgIpc) is 2.76. The molecule has 0 unspecified atom stereocenters. The van der Waals surface area contributed by atoms with Crippen molar-refractivity contribution in [1.82, 2.24) is 9.88 Å². The molecule has 1 rings (SSSR count). The number of rotatable bonds is 7. The van der Waals surface area contributed by atoms with Gasteiger partial charge in [-0.1, -0.05) is 6.92 Å². The Kier molecular flexibility index (Phi) is 5.26. The van der Waals surface area contributed by atoms with E-state index in [0.29, 0.717) is 6.42 Å². The minimum atomic E-state index is -4.39. The quantitative estimate of drug-likeness (QED) is 0.475. The first-order valence-corrected chi connectivity index (χ1v) is 5.88. The van der Waals surface area contributed by atoms with E-state index in [1.165, 1.54) is 0 Å². The molecule has 0 amide bonds. The van der Waals surface area contributed by atoms with Gasteiger partial charge >= 0.3 is 6.18 Å². The summed E-state index contributed by atoms with van der Waals surface area (Å²) in [6, 6.07) is 1.01. The second-order valence-corrected chi connectivity index (χ2v) is 4.28. The zero-order valence-corrected chi connectivity index (χ0v) is 10.7. The number of hydrogen-bond donors (Lipinski definition) is 1. The fraction of sp³-hybridized carbons (Fsp3) is 0.545. The van der Waals surface area contributed by atoms with E-state index in [0.717, 1.165) is 17.2 Å². The predicted octanol–water partition coefficient (Wildman–Crippen LogP) is 2.38. The SMILES string of the molecule is CCCN(CC(=O)c1cc([N+](=O)[O-])c[nH]1)CC(F)(F)F. The maximum Gasteiger partial charge on any atom is 0.401 e. The van der Waals surface area contributed by atoms with Crippen molar-refractivity contribution in [2.45, 2.75) is 19.5 Å². The summed E-state index contributed by atoms with van der Waals surface area (Å²) >= 11 is 0. The molecule has 6 nitrogen and oxygen atoms in total. The van der Waals surface area contributed by atoms with E-state index in [1.807, 2.05) is 0 Å². The third-order valence-corrected chi connectivity index (χ3v) is 2.49. The Bertz CT molecular complexity index is 485. The van der Waals surface area contributed by atoms with E-state index in [-0.39, 0.29) is 17.9 Å². The van der Waals surface area contributed by atoms with Crippen LogP contribution in [0.15, 0.2) is 12.3 Å². The summed E-state index contributed by atoms with van der Waals surface area (Å²) in [5, 5.41) is 10.5. The largest absolute Gasteiger partial charge is 0.401 e. The molecule has 1 aromatic rings. The number of halogens is 3. The van der Waals surface area contributed by atoms with Crippen molar-refractivity contribution >= 4 is 11.5 Å². The van der Waals surface area contributed by atoms with Gasteiger partial charge in [0.2, 0.25) is 0 Å². The smallest absolute Gasteiger partial charge is 0.353 e. The molecule has 0 aliphatic carbocycles. The number of carbonyl (C=O) groups is 1. The van der Waals surface area contributed by atoms with Gasteiger partial charge in [0, 0.05) is 6.07 Å². The zero-order valence-electron chi connectivity index (χ0n) is 10.7. The number of nitro groups is 1. The van der Waals surface area contributed by atoms with Gasteiger partial charge in [-0.3, -0.25) is 19.8 Å². The highest BCUT2D eigenvalue weighted by Gasteiger charge is 2.31. The molecule has 0 atom stereocenters. The maximum absolute atomic E-state index is 12.3. The maximum atomic E-state index is 12.3. The molecule has 0 saturated heterocycles. The summed E-state index contributed by atoms with van der Waals surface area (Å²) in [7, 11) is 0. The zero-order chi connectivity index (χ0) is 15.3. The molecule has 0 aromatic carbocycles. The van der Waals surface area contributed by atoms with Crippen LogP contribution < -0.4 is 0 Å². The van der Waals surface area contributed by atoms with Gasteiger partial charge in [-0.2, -0.15) is 13.2 Å². The number of H-pyrrole nitrogens is 1. The van der Waals surface area contributed by atoms with E-state index >= 15 is 0 Å². The molecule has 9 heteroatoms. The van der Waals surface area contributed by atoms with Crippen LogP contribution in [0.3, 0.4) is 0 Å². The van der Waals surface area contributed by atoms with Crippen molar-refractivity contribution in [3.8, 4) is 0 Å². The Hall–Kier alpha value is -1.90. The highest BCUT2D eigenvalue weighted by Crippen LogP contribution is 2.18. The van der Waals surface area contributed by atoms with Crippen molar-refractivity contribution < 1.29 is 22.9 Å². The first-order chi connectivity index (χ1) is 9.23. The monoisotopic (exact) mass is 293 g/mol. The highest BCUT2D eigenvalue weighted by atomic mass is 19.4. The minimum Gasteiger partial charge on any atom is -0.353 e. The number of Topliss-reactive ketones (excluding diaryl/α,β-unsaturated/α-hetero) is 1. The van der Waals surface area contributed by atoms with Gasteiger partial charge in [-0.25, -0.2) is 0 Å². The van der Waals surface area contributed by atoms with Crippen molar-refractivity contribution in [1.29, 1.82) is 0 Å². The molecule has 0 bridgehead atoms. The van der Waals surface area contributed by atoms with Crippen LogP contribution in [0, 0.1) is 10.1 Å². The van der Waals surface area contributed by atoms with E-state index < -0.39 is 30.0 Å². The molecule has 0 aliphatic heterocycles. The van der Waals surface area contributed by atoms with Crippen molar-refractivity contribution in [2.24, 2.45) is 0 Å². The molecule has 20 heavy (non-hydrogen) atoms. The summed E-state index contributed by atoms with van der Waals surface area (Å²) in [5.41, 5.74) is -0.369. The van der Waals surface area contributed by atoms with E-state index in [9.17, 15) is 28.1 Å². The van der Waals surface area contributed by atoms with E-state index in [4.69, 9.17) is 0 Å². The molecule has 0 radical (unpaired) electrons. The van der Waals surface area contributed by atoms with Gasteiger partial charge in [0.25, 0.3) is 5.69 Å². The number of ketones is 1. The van der Waals surface area contributed by atoms with Crippen molar-refractivity contribution in [2.75, 3.05) is 19.6 Å². The van der Waals surface area contributed by atoms with Crippen molar-refractivity contribution in [3.05, 3.63) is 28.1 Å². The summed E-state index contributed by atoms with van der Waals surface area (Å²) < 4.78 is 37.0. The molecule has 0 fully saturated rings. The van der Waals surface area contributed by atoms with E-state index in [2.05, 4.69) is 4.98 Å². The van der Waals surface area contributed by atoms with Crippen LogP contribution in [0.2, 0.25) is 0 Å². The summed E-state index contributed by atoms with van der Waals surface area (Å²) in [4.78, 5) is 24.9. The third-order valence-electron chi connectivity index (χ3n) is 2.49. The molecule has 1 N–H and O–H groups in total. The number of carbonyl (C=O) groups excluding carboxylic acids is 1. The fourth-order valence-corrected chi connectivity index (χ4v) is 1.72. The third kappa shape index (κ3) is 5.00. The molecule has 0 aliphatic rings. The van der Waals surface area contributed by atoms with Crippen LogP contribution >= 0.6 is 0 Å². The second kappa shape index (κ2) is 6.51. The number of aromatic amines is 1. The van der Waals surface area contributed by atoms with Gasteiger partial charge in [0.05, 0.1) is 29.9 Å². The van der Waals surface area contributed by atoms with Gasteiger partial charge in [-0.05, 0) is 13.0 Å². The average molecular weight is 293 g/mol. The summed E-state index contributed by atoms with van der Waals surface area (Å²) in [5.74, 6) is -0.615. The van der Waals surface area contributed by atoms with Crippen molar-refractivity contribution in [3.63, 3.8) is 0 Å². The number of nitrogens with zero attached hydrogens (tertiary/aromatic N) is 2. The second-order valence-electron chi connectivity index (χ2n) is 4.28. The summed E-state index contributed by atoms with van der Waals surface area (Å²) in [6.07, 6.45) is -2.90. The van der Waals surface area contributed by atoms with Crippen LogP contribution in [0.1, 0.15) is 23.8 Å². The Balaban J connectivity index is 2.71. The molecular formula is C11H14F3N3O3. The first kappa shape index (κ1) is 16.2. The Morgan fingerprint density at radius 3 is 2.60 bits per heavy atom. The number of aromatic nitrogens is 1. The molecule has 1 aromatic heterocycles. The molecule has 0 spiro atoms. The fourth-order valence-electron chi connectivity index (χ4n) is 1.72.